The van der Waals surface area contributed by atoms with Crippen molar-refractivity contribution in [1.82, 2.24) is 20.0 Å². The topological polar surface area (TPSA) is 62.2 Å². The molecule has 2 aromatic rings. The van der Waals surface area contributed by atoms with Crippen LogP contribution in [0.4, 0.5) is 10.5 Å². The average Bonchev–Trinajstić information content (AvgIpc) is 2.84. The molecule has 134 valence electrons. The summed E-state index contributed by atoms with van der Waals surface area (Å²) in [7, 11) is 1.88. The van der Waals surface area contributed by atoms with Gasteiger partial charge in [-0.25, -0.2) is 4.79 Å². The predicted molar refractivity (Wildman–Crippen MR) is 99.6 cm³/mol. The number of benzene rings is 1. The van der Waals surface area contributed by atoms with Gasteiger partial charge in [0.2, 0.25) is 0 Å². The van der Waals surface area contributed by atoms with Gasteiger partial charge in [0, 0.05) is 32.7 Å². The maximum Gasteiger partial charge on any atom is 0.319 e. The van der Waals surface area contributed by atoms with Crippen molar-refractivity contribution in [2.75, 3.05) is 18.4 Å². The first-order valence-electron chi connectivity index (χ1n) is 8.87. The number of amides is 2. The lowest BCUT2D eigenvalue weighted by molar-refractivity contribution is 0.190. The van der Waals surface area contributed by atoms with Crippen molar-refractivity contribution in [3.63, 3.8) is 0 Å². The molecule has 25 heavy (non-hydrogen) atoms. The van der Waals surface area contributed by atoms with Crippen LogP contribution < -0.4 is 10.6 Å². The van der Waals surface area contributed by atoms with Crippen LogP contribution in [-0.4, -0.2) is 39.8 Å². The lowest BCUT2D eigenvalue weighted by Crippen LogP contribution is -2.45. The first-order valence-corrected chi connectivity index (χ1v) is 8.87. The molecule has 1 saturated heterocycles. The molecule has 0 spiro atoms. The molecule has 2 amide bonds. The minimum atomic E-state index is -0.138. The minimum absolute atomic E-state index is 0.138. The summed E-state index contributed by atoms with van der Waals surface area (Å²) in [6.07, 6.45) is 1.95. The Kier molecular flexibility index (Phi) is 5.38. The molecule has 6 nitrogen and oxygen atoms in total. The summed E-state index contributed by atoms with van der Waals surface area (Å²) >= 11 is 0. The molecule has 6 heteroatoms. The Morgan fingerprint density at radius 2 is 1.88 bits per heavy atom. The van der Waals surface area contributed by atoms with Crippen LogP contribution in [0.1, 0.15) is 29.8 Å². The first kappa shape index (κ1) is 17.5. The molecular formula is C19H27N5O. The van der Waals surface area contributed by atoms with Crippen LogP contribution >= 0.6 is 0 Å². The van der Waals surface area contributed by atoms with E-state index in [1.54, 1.807) is 4.68 Å². The normalized spacial score (nSPS) is 16.0. The Labute approximate surface area is 149 Å². The van der Waals surface area contributed by atoms with Crippen LogP contribution in [0.2, 0.25) is 0 Å². The highest BCUT2D eigenvalue weighted by Gasteiger charge is 2.21. The van der Waals surface area contributed by atoms with Gasteiger partial charge in [-0.1, -0.05) is 30.3 Å². The highest BCUT2D eigenvalue weighted by molar-refractivity contribution is 5.90. The second kappa shape index (κ2) is 7.70. The van der Waals surface area contributed by atoms with Crippen molar-refractivity contribution in [1.29, 1.82) is 0 Å². The minimum Gasteiger partial charge on any atom is -0.335 e. The number of piperidine rings is 1. The Hall–Kier alpha value is -2.34. The zero-order valence-electron chi connectivity index (χ0n) is 15.2. The molecule has 2 heterocycles. The number of aromatic nitrogens is 2. The van der Waals surface area contributed by atoms with E-state index in [0.717, 1.165) is 49.6 Å². The molecule has 0 radical (unpaired) electrons. The number of anilines is 1. The van der Waals surface area contributed by atoms with Gasteiger partial charge < -0.3 is 10.6 Å². The highest BCUT2D eigenvalue weighted by atomic mass is 16.2. The number of nitrogens with one attached hydrogen (secondary N) is 2. The van der Waals surface area contributed by atoms with Crippen LogP contribution in [0.25, 0.3) is 0 Å². The summed E-state index contributed by atoms with van der Waals surface area (Å²) in [6, 6.07) is 10.6. The van der Waals surface area contributed by atoms with Crippen LogP contribution in [0, 0.1) is 13.8 Å². The van der Waals surface area contributed by atoms with E-state index in [-0.39, 0.29) is 12.1 Å². The molecule has 0 bridgehead atoms. The molecule has 0 atom stereocenters. The smallest absolute Gasteiger partial charge is 0.319 e. The monoisotopic (exact) mass is 341 g/mol. The van der Waals surface area contributed by atoms with E-state index in [9.17, 15) is 4.79 Å². The predicted octanol–water partition coefficient (Wildman–Crippen LogP) is 2.82. The summed E-state index contributed by atoms with van der Waals surface area (Å²) in [5.41, 5.74) is 3.95. The molecule has 2 N–H and O–H groups in total. The van der Waals surface area contributed by atoms with E-state index < -0.39 is 0 Å². The van der Waals surface area contributed by atoms with Gasteiger partial charge in [0.25, 0.3) is 0 Å². The molecule has 0 unspecified atom stereocenters. The largest absolute Gasteiger partial charge is 0.335 e. The van der Waals surface area contributed by atoms with Gasteiger partial charge in [-0.15, -0.1) is 0 Å². The molecular weight excluding hydrogens is 314 g/mol. The van der Waals surface area contributed by atoms with Crippen LogP contribution in [-0.2, 0) is 13.6 Å². The quantitative estimate of drug-likeness (QED) is 0.899. The molecule has 1 fully saturated rings. The van der Waals surface area contributed by atoms with Crippen molar-refractivity contribution >= 4 is 11.7 Å². The highest BCUT2D eigenvalue weighted by Crippen LogP contribution is 2.19. The van der Waals surface area contributed by atoms with Gasteiger partial charge in [0.1, 0.15) is 0 Å². The number of hydrogen-bond donors (Lipinski definition) is 2. The number of rotatable bonds is 4. The molecule has 3 rings (SSSR count). The number of carbonyl (C=O) groups excluding carboxylic acids is 1. The molecule has 1 aromatic heterocycles. The fourth-order valence-electron chi connectivity index (χ4n) is 3.37. The maximum atomic E-state index is 12.3. The third-order valence-corrected chi connectivity index (χ3v) is 4.92. The Morgan fingerprint density at radius 1 is 1.20 bits per heavy atom. The van der Waals surface area contributed by atoms with Crippen LogP contribution in [0.5, 0.6) is 0 Å². The van der Waals surface area contributed by atoms with Gasteiger partial charge in [-0.3, -0.25) is 9.58 Å². The Balaban J connectivity index is 1.46. The van der Waals surface area contributed by atoms with E-state index in [1.165, 1.54) is 5.56 Å². The van der Waals surface area contributed by atoms with Crippen molar-refractivity contribution in [2.24, 2.45) is 7.05 Å². The average molecular weight is 341 g/mol. The van der Waals surface area contributed by atoms with Gasteiger partial charge in [0.15, 0.2) is 0 Å². The number of likely N-dealkylation sites (tertiary alicyclic amines) is 1. The first-order chi connectivity index (χ1) is 12.0. The summed E-state index contributed by atoms with van der Waals surface area (Å²) in [6.45, 7) is 6.85. The molecule has 1 aromatic carbocycles. The lowest BCUT2D eigenvalue weighted by Gasteiger charge is -2.32. The molecule has 1 aliphatic rings. The fourth-order valence-corrected chi connectivity index (χ4v) is 3.37. The Morgan fingerprint density at radius 3 is 2.48 bits per heavy atom. The zero-order chi connectivity index (χ0) is 17.8. The molecule has 0 saturated carbocycles. The van der Waals surface area contributed by atoms with Crippen LogP contribution in [0.15, 0.2) is 30.3 Å². The van der Waals surface area contributed by atoms with E-state index in [2.05, 4.69) is 44.9 Å². The number of urea groups is 1. The van der Waals surface area contributed by atoms with Crippen molar-refractivity contribution in [2.45, 2.75) is 39.3 Å². The fraction of sp³-hybridized carbons (Fsp3) is 0.474. The van der Waals surface area contributed by atoms with Gasteiger partial charge >= 0.3 is 6.03 Å². The van der Waals surface area contributed by atoms with Crippen molar-refractivity contribution < 1.29 is 4.79 Å². The second-order valence-electron chi connectivity index (χ2n) is 6.80. The van der Waals surface area contributed by atoms with Gasteiger partial charge in [0.05, 0.1) is 17.1 Å². The van der Waals surface area contributed by atoms with Gasteiger partial charge in [-0.05, 0) is 32.3 Å². The summed E-state index contributed by atoms with van der Waals surface area (Å²) in [5, 5.41) is 10.4. The maximum absolute atomic E-state index is 12.3. The number of aryl methyl sites for hydroxylation is 2. The van der Waals surface area contributed by atoms with Crippen molar-refractivity contribution in [3.05, 3.63) is 47.3 Å². The zero-order valence-corrected chi connectivity index (χ0v) is 15.2. The summed E-state index contributed by atoms with van der Waals surface area (Å²) in [4.78, 5) is 14.7. The van der Waals surface area contributed by atoms with E-state index >= 15 is 0 Å². The van der Waals surface area contributed by atoms with Crippen LogP contribution in [0.3, 0.4) is 0 Å². The number of carbonyl (C=O) groups is 1. The number of nitrogens with zero attached hydrogens (tertiary/aromatic N) is 3. The molecule has 0 aliphatic carbocycles. The third kappa shape index (κ3) is 4.39. The second-order valence-corrected chi connectivity index (χ2v) is 6.80. The summed E-state index contributed by atoms with van der Waals surface area (Å²) in [5.74, 6) is 0. The van der Waals surface area contributed by atoms with E-state index in [0.29, 0.717) is 0 Å². The standard InChI is InChI=1S/C19H27N5O/c1-14-18(15(2)23(3)22-14)21-19(25)20-17-9-11-24(12-10-17)13-16-7-5-4-6-8-16/h4-8,17H,9-13H2,1-3H3,(H2,20,21,25). The van der Waals surface area contributed by atoms with Gasteiger partial charge in [-0.2, -0.15) is 5.10 Å². The van der Waals surface area contributed by atoms with Crippen molar-refractivity contribution in [3.8, 4) is 0 Å². The number of hydrogen-bond acceptors (Lipinski definition) is 3. The summed E-state index contributed by atoms with van der Waals surface area (Å²) < 4.78 is 1.78. The SMILES string of the molecule is Cc1nn(C)c(C)c1NC(=O)NC1CCN(Cc2ccccc2)CC1. The lowest BCUT2D eigenvalue weighted by atomic mass is 10.0. The molecule has 1 aliphatic heterocycles. The Bertz CT molecular complexity index is 717. The van der Waals surface area contributed by atoms with E-state index in [1.807, 2.05) is 27.0 Å². The third-order valence-electron chi connectivity index (χ3n) is 4.92. The van der Waals surface area contributed by atoms with E-state index in [4.69, 9.17) is 0 Å².